The zero-order chi connectivity index (χ0) is 31.7. The fourth-order valence-corrected chi connectivity index (χ4v) is 5.99. The molecule has 1 aromatic heterocycles. The zero-order valence-corrected chi connectivity index (χ0v) is 27.7. The number of hydrogen-bond acceptors (Lipinski definition) is 7. The van der Waals surface area contributed by atoms with E-state index in [1.54, 1.807) is 9.80 Å². The van der Waals surface area contributed by atoms with Crippen LogP contribution in [0.15, 0.2) is 34.7 Å². The number of unbranched alkanes of at least 4 members (excludes halogenated alkanes) is 10. The molecule has 45 heavy (non-hydrogen) atoms. The first-order valence-corrected chi connectivity index (χ1v) is 17.3. The third-order valence-corrected chi connectivity index (χ3v) is 8.77. The third-order valence-electron chi connectivity index (χ3n) is 8.77. The van der Waals surface area contributed by atoms with Crippen molar-refractivity contribution in [1.82, 2.24) is 14.7 Å². The minimum atomic E-state index is -0.101. The van der Waals surface area contributed by atoms with Crippen LogP contribution >= 0.6 is 0 Å². The Labute approximate surface area is 270 Å². The van der Waals surface area contributed by atoms with Crippen LogP contribution < -0.4 is 9.47 Å². The molecule has 1 aromatic carbocycles. The van der Waals surface area contributed by atoms with Crippen LogP contribution in [0.5, 0.6) is 11.5 Å². The fourth-order valence-electron chi connectivity index (χ4n) is 5.99. The van der Waals surface area contributed by atoms with Crippen LogP contribution in [-0.4, -0.2) is 79.2 Å². The number of hydrogen-bond donors (Lipinski definition) is 0. The molecule has 2 aromatic rings. The van der Waals surface area contributed by atoms with E-state index in [1.165, 1.54) is 57.8 Å². The highest BCUT2D eigenvalue weighted by Gasteiger charge is 2.24. The maximum Gasteiger partial charge on any atom is 0.242 e. The molecular weight excluding hydrogens is 570 g/mol. The lowest BCUT2D eigenvalue weighted by molar-refractivity contribution is -0.141. The van der Waals surface area contributed by atoms with Crippen molar-refractivity contribution < 1.29 is 28.2 Å². The van der Waals surface area contributed by atoms with E-state index in [0.29, 0.717) is 56.5 Å². The van der Waals surface area contributed by atoms with Gasteiger partial charge in [-0.3, -0.25) is 14.5 Å². The van der Waals surface area contributed by atoms with Crippen molar-refractivity contribution in [2.24, 2.45) is 0 Å². The van der Waals surface area contributed by atoms with Crippen molar-refractivity contribution in [1.29, 1.82) is 0 Å². The van der Waals surface area contributed by atoms with E-state index in [1.807, 2.05) is 37.3 Å². The molecule has 9 heteroatoms. The zero-order valence-electron chi connectivity index (χ0n) is 27.7. The molecule has 0 bridgehead atoms. The summed E-state index contributed by atoms with van der Waals surface area (Å²) in [5.41, 5.74) is 0.933. The molecule has 0 spiro atoms. The van der Waals surface area contributed by atoms with Gasteiger partial charge in [0, 0.05) is 39.1 Å². The topological polar surface area (TPSA) is 84.7 Å². The van der Waals surface area contributed by atoms with E-state index in [0.717, 1.165) is 43.8 Å². The van der Waals surface area contributed by atoms with Crippen LogP contribution in [0.3, 0.4) is 0 Å². The molecule has 0 saturated carbocycles. The summed E-state index contributed by atoms with van der Waals surface area (Å²) in [7, 11) is 0. The summed E-state index contributed by atoms with van der Waals surface area (Å²) < 4.78 is 22.4. The van der Waals surface area contributed by atoms with Crippen molar-refractivity contribution in [3.05, 3.63) is 47.4 Å². The van der Waals surface area contributed by atoms with Gasteiger partial charge in [0.25, 0.3) is 0 Å². The Morgan fingerprint density at radius 3 is 2.16 bits per heavy atom. The lowest BCUT2D eigenvalue weighted by Gasteiger charge is -2.31. The Morgan fingerprint density at radius 2 is 1.47 bits per heavy atom. The smallest absolute Gasteiger partial charge is 0.242 e. The van der Waals surface area contributed by atoms with Gasteiger partial charge < -0.3 is 28.4 Å². The van der Waals surface area contributed by atoms with E-state index < -0.39 is 0 Å². The molecule has 1 fully saturated rings. The molecule has 2 amide bonds. The van der Waals surface area contributed by atoms with Gasteiger partial charge in [-0.05, 0) is 43.2 Å². The van der Waals surface area contributed by atoms with Crippen molar-refractivity contribution in [2.45, 2.75) is 104 Å². The average molecular weight is 626 g/mol. The molecule has 2 aliphatic heterocycles. The van der Waals surface area contributed by atoms with E-state index in [4.69, 9.17) is 18.6 Å². The number of benzene rings is 1. The number of rotatable bonds is 21. The highest BCUT2D eigenvalue weighted by molar-refractivity contribution is 5.85. The second kappa shape index (κ2) is 19.5. The number of amides is 2. The molecular formula is C36H55N3O6. The molecule has 3 heterocycles. The van der Waals surface area contributed by atoms with Crippen molar-refractivity contribution in [3.63, 3.8) is 0 Å². The van der Waals surface area contributed by atoms with Gasteiger partial charge in [0.2, 0.25) is 18.6 Å². The van der Waals surface area contributed by atoms with E-state index in [9.17, 15) is 9.59 Å². The van der Waals surface area contributed by atoms with Gasteiger partial charge in [0.15, 0.2) is 11.5 Å². The van der Waals surface area contributed by atoms with Gasteiger partial charge in [-0.15, -0.1) is 0 Å². The maximum absolute atomic E-state index is 13.9. The van der Waals surface area contributed by atoms with Crippen molar-refractivity contribution in [2.75, 3.05) is 52.7 Å². The molecule has 9 nitrogen and oxygen atoms in total. The Balaban J connectivity index is 1.32. The van der Waals surface area contributed by atoms with E-state index >= 15 is 0 Å². The molecule has 0 N–H and O–H groups in total. The van der Waals surface area contributed by atoms with Crippen LogP contribution in [0.25, 0.3) is 0 Å². The van der Waals surface area contributed by atoms with Gasteiger partial charge in [-0.2, -0.15) is 0 Å². The molecule has 2 aliphatic rings. The predicted octanol–water partition coefficient (Wildman–Crippen LogP) is 6.71. The van der Waals surface area contributed by atoms with E-state index in [2.05, 4.69) is 11.8 Å². The summed E-state index contributed by atoms with van der Waals surface area (Å²) in [5, 5.41) is 0. The summed E-state index contributed by atoms with van der Waals surface area (Å²) >= 11 is 0. The standard InChI is InChI=1S/C36H55N3O6/c1-3-4-5-6-7-8-9-10-11-12-13-14-35(40)38(20-19-37-21-23-42-24-22-37)28-36(41)39(27-32-17-15-30(2)45-32)26-31-16-18-33-34(25-31)44-29-43-33/h15-18,25H,3-14,19-24,26-29H2,1-2H3. The van der Waals surface area contributed by atoms with Gasteiger partial charge >= 0.3 is 0 Å². The Kier molecular flexibility index (Phi) is 15.1. The number of aryl methyl sites for hydroxylation is 1. The summed E-state index contributed by atoms with van der Waals surface area (Å²) in [6, 6.07) is 9.56. The van der Waals surface area contributed by atoms with Gasteiger partial charge in [0.1, 0.15) is 11.5 Å². The normalized spacial score (nSPS) is 14.5. The molecule has 0 unspecified atom stereocenters. The molecule has 250 valence electrons. The monoisotopic (exact) mass is 625 g/mol. The largest absolute Gasteiger partial charge is 0.464 e. The minimum Gasteiger partial charge on any atom is -0.464 e. The third kappa shape index (κ3) is 12.3. The quantitative estimate of drug-likeness (QED) is 0.143. The fraction of sp³-hybridized carbons (Fsp3) is 0.667. The first kappa shape index (κ1) is 34.8. The number of furan rings is 1. The predicted molar refractivity (Wildman–Crippen MR) is 175 cm³/mol. The summed E-state index contributed by atoms with van der Waals surface area (Å²) in [4.78, 5) is 33.3. The van der Waals surface area contributed by atoms with E-state index in [-0.39, 0.29) is 25.2 Å². The van der Waals surface area contributed by atoms with Gasteiger partial charge in [-0.25, -0.2) is 0 Å². The Bertz CT molecular complexity index is 1160. The Hall–Kier alpha value is -3.04. The van der Waals surface area contributed by atoms with Crippen molar-refractivity contribution >= 4 is 11.8 Å². The highest BCUT2D eigenvalue weighted by Crippen LogP contribution is 2.33. The number of ether oxygens (including phenoxy) is 3. The summed E-state index contributed by atoms with van der Waals surface area (Å²) in [5.74, 6) is 2.87. The van der Waals surface area contributed by atoms with Crippen LogP contribution in [0.4, 0.5) is 0 Å². The lowest BCUT2D eigenvalue weighted by atomic mass is 10.1. The lowest BCUT2D eigenvalue weighted by Crippen LogP contribution is -2.47. The van der Waals surface area contributed by atoms with Crippen LogP contribution in [-0.2, 0) is 27.4 Å². The first-order chi connectivity index (χ1) is 22.0. The maximum atomic E-state index is 13.9. The number of carbonyl (C=O) groups excluding carboxylic acids is 2. The molecule has 4 rings (SSSR count). The van der Waals surface area contributed by atoms with Crippen LogP contribution in [0.2, 0.25) is 0 Å². The van der Waals surface area contributed by atoms with Crippen molar-refractivity contribution in [3.8, 4) is 11.5 Å². The molecule has 0 atom stereocenters. The summed E-state index contributed by atoms with van der Waals surface area (Å²) in [6.07, 6.45) is 14.1. The molecule has 1 saturated heterocycles. The van der Waals surface area contributed by atoms with Crippen LogP contribution in [0.1, 0.15) is 101 Å². The average Bonchev–Trinajstić information content (AvgIpc) is 3.69. The second-order valence-electron chi connectivity index (χ2n) is 12.5. The van der Waals surface area contributed by atoms with Crippen LogP contribution in [0, 0.1) is 6.92 Å². The molecule has 0 aliphatic carbocycles. The summed E-state index contributed by atoms with van der Waals surface area (Å²) in [6.45, 7) is 9.48. The first-order valence-electron chi connectivity index (χ1n) is 17.3. The Morgan fingerprint density at radius 1 is 0.778 bits per heavy atom. The number of morpholine rings is 1. The number of nitrogens with zero attached hydrogens (tertiary/aromatic N) is 3. The number of carbonyl (C=O) groups is 2. The SMILES string of the molecule is CCCCCCCCCCCCCC(=O)N(CCN1CCOCC1)CC(=O)N(Cc1ccc2c(c1)OCO2)Cc1ccc(C)o1. The van der Waals surface area contributed by atoms with Gasteiger partial charge in [-0.1, -0.05) is 77.2 Å². The second-order valence-corrected chi connectivity index (χ2v) is 12.5. The highest BCUT2D eigenvalue weighted by atomic mass is 16.7. The minimum absolute atomic E-state index is 0.0471. The number of fused-ring (bicyclic) bond motifs is 1. The molecule has 0 radical (unpaired) electrons. The van der Waals surface area contributed by atoms with Gasteiger partial charge in [0.05, 0.1) is 26.3 Å².